The average molecular weight is 340 g/mol. The van der Waals surface area contributed by atoms with Crippen LogP contribution in [0.1, 0.15) is 31.2 Å². The Labute approximate surface area is 147 Å². The molecule has 0 radical (unpaired) electrons. The molecule has 1 aliphatic carbocycles. The molecule has 1 aliphatic rings. The Balaban J connectivity index is 1.59. The minimum Gasteiger partial charge on any atom is -0.496 e. The molecule has 0 bridgehead atoms. The first kappa shape index (κ1) is 17.1. The quantitative estimate of drug-likeness (QED) is 0.790. The molecule has 25 heavy (non-hydrogen) atoms. The number of amides is 2. The van der Waals surface area contributed by atoms with Gasteiger partial charge in [0, 0.05) is 18.2 Å². The highest BCUT2D eigenvalue weighted by atomic mass is 16.5. The lowest BCUT2D eigenvalue weighted by molar-refractivity contribution is 0.252. The molecule has 1 aromatic carbocycles. The van der Waals surface area contributed by atoms with Gasteiger partial charge >= 0.3 is 6.03 Å². The minimum absolute atomic E-state index is 0.215. The van der Waals surface area contributed by atoms with E-state index in [9.17, 15) is 4.79 Å². The maximum absolute atomic E-state index is 12.2. The van der Waals surface area contributed by atoms with Crippen molar-refractivity contribution in [2.45, 2.75) is 32.2 Å². The summed E-state index contributed by atoms with van der Waals surface area (Å²) in [6.45, 7) is 1.13. The van der Waals surface area contributed by atoms with Crippen molar-refractivity contribution in [3.63, 3.8) is 0 Å². The van der Waals surface area contributed by atoms with Gasteiger partial charge in [0.2, 0.25) is 0 Å². The number of hydrogen-bond donors (Lipinski definition) is 2. The first-order chi connectivity index (χ1) is 12.3. The van der Waals surface area contributed by atoms with E-state index in [1.807, 2.05) is 24.3 Å². The van der Waals surface area contributed by atoms with Gasteiger partial charge in [-0.1, -0.05) is 29.8 Å². The highest BCUT2D eigenvalue weighted by Crippen LogP contribution is 2.20. The maximum atomic E-state index is 12.2. The molecule has 2 aromatic rings. The topological polar surface area (TPSA) is 68.2 Å². The number of nitrogens with one attached hydrogen (secondary N) is 2. The smallest absolute Gasteiger partial charge is 0.320 e. The van der Waals surface area contributed by atoms with Crippen LogP contribution < -0.4 is 15.4 Å². The molecule has 132 valence electrons. The van der Waals surface area contributed by atoms with Gasteiger partial charge < -0.3 is 10.1 Å². The highest BCUT2D eigenvalue weighted by Gasteiger charge is 2.11. The molecule has 1 heterocycles. The van der Waals surface area contributed by atoms with Gasteiger partial charge in [-0.2, -0.15) is 5.10 Å². The van der Waals surface area contributed by atoms with E-state index in [-0.39, 0.29) is 6.03 Å². The number of aromatic nitrogens is 2. The van der Waals surface area contributed by atoms with Crippen LogP contribution in [0, 0.1) is 0 Å². The number of urea groups is 1. The zero-order valence-electron chi connectivity index (χ0n) is 14.5. The summed E-state index contributed by atoms with van der Waals surface area (Å²) in [5, 5.41) is 10.1. The van der Waals surface area contributed by atoms with E-state index in [4.69, 9.17) is 4.74 Å². The van der Waals surface area contributed by atoms with E-state index in [2.05, 4.69) is 21.8 Å². The van der Waals surface area contributed by atoms with Crippen LogP contribution in [-0.4, -0.2) is 29.5 Å². The molecule has 0 fully saturated rings. The second-order valence-corrected chi connectivity index (χ2v) is 6.10. The lowest BCUT2D eigenvalue weighted by Gasteiger charge is -2.15. The average Bonchev–Trinajstić information content (AvgIpc) is 3.08. The van der Waals surface area contributed by atoms with Crippen molar-refractivity contribution in [3.8, 4) is 5.75 Å². The number of anilines is 1. The summed E-state index contributed by atoms with van der Waals surface area (Å²) in [5.74, 6) is 1.46. The fourth-order valence-corrected chi connectivity index (χ4v) is 2.98. The second kappa shape index (κ2) is 8.37. The fraction of sp³-hybridized carbons (Fsp3) is 0.368. The zero-order chi connectivity index (χ0) is 17.5. The van der Waals surface area contributed by atoms with Crippen LogP contribution in [0.2, 0.25) is 0 Å². The van der Waals surface area contributed by atoms with Crippen molar-refractivity contribution >= 4 is 11.8 Å². The lowest BCUT2D eigenvalue weighted by Crippen LogP contribution is -2.31. The van der Waals surface area contributed by atoms with Gasteiger partial charge in [0.15, 0.2) is 0 Å². The van der Waals surface area contributed by atoms with Crippen LogP contribution in [0.5, 0.6) is 5.75 Å². The van der Waals surface area contributed by atoms with E-state index in [1.165, 1.54) is 18.4 Å². The first-order valence-corrected chi connectivity index (χ1v) is 8.63. The fourth-order valence-electron chi connectivity index (χ4n) is 2.98. The van der Waals surface area contributed by atoms with Gasteiger partial charge in [0.25, 0.3) is 0 Å². The number of carbonyl (C=O) groups excluding carboxylic acids is 1. The number of nitrogens with zero attached hydrogens (tertiary/aromatic N) is 2. The Morgan fingerprint density at radius 3 is 2.96 bits per heavy atom. The van der Waals surface area contributed by atoms with Crippen molar-refractivity contribution in [1.82, 2.24) is 15.1 Å². The van der Waals surface area contributed by atoms with Gasteiger partial charge in [0.05, 0.1) is 19.9 Å². The third-order valence-electron chi connectivity index (χ3n) is 4.33. The van der Waals surface area contributed by atoms with Crippen molar-refractivity contribution in [1.29, 1.82) is 0 Å². The number of para-hydroxylation sites is 1. The van der Waals surface area contributed by atoms with Crippen LogP contribution in [0.25, 0.3) is 0 Å². The second-order valence-electron chi connectivity index (χ2n) is 6.10. The summed E-state index contributed by atoms with van der Waals surface area (Å²) >= 11 is 0. The number of benzene rings is 1. The summed E-state index contributed by atoms with van der Waals surface area (Å²) < 4.78 is 7.12. The Kier molecular flexibility index (Phi) is 5.72. The van der Waals surface area contributed by atoms with Crippen molar-refractivity contribution in [2.24, 2.45) is 0 Å². The molecular formula is C19H24N4O2. The number of ether oxygens (including phenoxy) is 1. The van der Waals surface area contributed by atoms with Crippen molar-refractivity contribution in [3.05, 3.63) is 53.7 Å². The van der Waals surface area contributed by atoms with Crippen molar-refractivity contribution < 1.29 is 9.53 Å². The van der Waals surface area contributed by atoms with Gasteiger partial charge in [-0.05, 0) is 31.7 Å². The Morgan fingerprint density at radius 1 is 1.28 bits per heavy atom. The predicted octanol–water partition coefficient (Wildman–Crippen LogP) is 3.56. The van der Waals surface area contributed by atoms with Gasteiger partial charge in [-0.25, -0.2) is 9.48 Å². The third-order valence-corrected chi connectivity index (χ3v) is 4.33. The molecule has 0 unspecified atom stereocenters. The van der Waals surface area contributed by atoms with Crippen molar-refractivity contribution in [2.75, 3.05) is 19.0 Å². The summed E-state index contributed by atoms with van der Waals surface area (Å²) in [5.41, 5.74) is 2.31. The van der Waals surface area contributed by atoms with E-state index in [0.29, 0.717) is 18.9 Å². The molecule has 3 rings (SSSR count). The number of rotatable bonds is 6. The molecule has 0 atom stereocenters. The summed E-state index contributed by atoms with van der Waals surface area (Å²) in [6, 6.07) is 9.36. The van der Waals surface area contributed by atoms with Crippen LogP contribution in [0.3, 0.4) is 0 Å². The Morgan fingerprint density at radius 2 is 2.16 bits per heavy atom. The molecule has 6 heteroatoms. The Hall–Kier alpha value is -2.76. The molecule has 6 nitrogen and oxygen atoms in total. The molecule has 0 saturated heterocycles. The van der Waals surface area contributed by atoms with E-state index < -0.39 is 0 Å². The number of allylic oxidation sites excluding steroid dienone is 1. The van der Waals surface area contributed by atoms with Gasteiger partial charge in [-0.3, -0.25) is 5.32 Å². The SMILES string of the molecule is COc1ccccc1Cn1nccc1NC(=O)NCC1=CCCCC1. The van der Waals surface area contributed by atoms with Crippen LogP contribution in [0.4, 0.5) is 10.6 Å². The standard InChI is InChI=1S/C19H24N4O2/c1-25-17-10-6-5-9-16(17)14-23-18(11-12-21-23)22-19(24)20-13-15-7-3-2-4-8-15/h5-7,9-12H,2-4,8,13-14H2,1H3,(H2,20,22,24). The molecule has 0 spiro atoms. The molecule has 0 saturated carbocycles. The summed E-state index contributed by atoms with van der Waals surface area (Å²) in [6.07, 6.45) is 8.55. The maximum Gasteiger partial charge on any atom is 0.320 e. The molecule has 0 aliphatic heterocycles. The Bertz CT molecular complexity index is 751. The van der Waals surface area contributed by atoms with Crippen LogP contribution >= 0.6 is 0 Å². The molecule has 2 N–H and O–H groups in total. The molecular weight excluding hydrogens is 316 g/mol. The summed E-state index contributed by atoms with van der Waals surface area (Å²) in [7, 11) is 1.65. The predicted molar refractivity (Wildman–Crippen MR) is 97.9 cm³/mol. The minimum atomic E-state index is -0.215. The van der Waals surface area contributed by atoms with Crippen LogP contribution in [-0.2, 0) is 6.54 Å². The summed E-state index contributed by atoms with van der Waals surface area (Å²) in [4.78, 5) is 12.2. The largest absolute Gasteiger partial charge is 0.496 e. The first-order valence-electron chi connectivity index (χ1n) is 8.63. The van der Waals surface area contributed by atoms with Crippen LogP contribution in [0.15, 0.2) is 48.2 Å². The normalized spacial score (nSPS) is 13.9. The zero-order valence-corrected chi connectivity index (χ0v) is 14.5. The van der Waals surface area contributed by atoms with Gasteiger partial charge in [0.1, 0.15) is 11.6 Å². The number of methoxy groups -OCH3 is 1. The highest BCUT2D eigenvalue weighted by molar-refractivity contribution is 5.88. The molecule has 2 amide bonds. The monoisotopic (exact) mass is 340 g/mol. The number of hydrogen-bond acceptors (Lipinski definition) is 3. The molecule has 1 aromatic heterocycles. The number of carbonyl (C=O) groups is 1. The van der Waals surface area contributed by atoms with Gasteiger partial charge in [-0.15, -0.1) is 0 Å². The third kappa shape index (κ3) is 4.62. The van der Waals surface area contributed by atoms with E-state index in [1.54, 1.807) is 24.1 Å². The van der Waals surface area contributed by atoms with E-state index in [0.717, 1.165) is 24.2 Å². The van der Waals surface area contributed by atoms with E-state index >= 15 is 0 Å². The lowest BCUT2D eigenvalue weighted by atomic mass is 10.00.